The minimum Gasteiger partial charge on any atom is -0.352 e. The standard InChI is InChI=1S/C17H25F6N5O2S/c18-16(19,20)9-2-1-3-11(5-9)25-14(30)12-15(31-28-27-12)26-13(29)8-4-10(7-24-6-8)17(21,22)23/h8-12,15,24,27-28H,1-7H2,(H,25,30)(H,26,29). The largest absolute Gasteiger partial charge is 0.393 e. The van der Waals surface area contributed by atoms with E-state index in [9.17, 15) is 35.9 Å². The summed E-state index contributed by atoms with van der Waals surface area (Å²) in [5.74, 6) is -5.19. The van der Waals surface area contributed by atoms with Crippen molar-refractivity contribution in [3.8, 4) is 0 Å². The van der Waals surface area contributed by atoms with Gasteiger partial charge in [0, 0.05) is 19.1 Å². The molecule has 2 aliphatic heterocycles. The Bertz CT molecular complexity index is 664. The van der Waals surface area contributed by atoms with Crippen LogP contribution in [0.1, 0.15) is 32.1 Å². The van der Waals surface area contributed by atoms with E-state index >= 15 is 0 Å². The minimum absolute atomic E-state index is 0.0297. The van der Waals surface area contributed by atoms with Crippen molar-refractivity contribution in [3.05, 3.63) is 0 Å². The summed E-state index contributed by atoms with van der Waals surface area (Å²) in [5, 5.41) is 6.97. The van der Waals surface area contributed by atoms with E-state index < -0.39 is 59.4 Å². The lowest BCUT2D eigenvalue weighted by molar-refractivity contribution is -0.184. The summed E-state index contributed by atoms with van der Waals surface area (Å²) in [6.45, 7) is -0.158. The fourth-order valence-corrected chi connectivity index (χ4v) is 5.00. The molecule has 31 heavy (non-hydrogen) atoms. The molecule has 2 amide bonds. The molecule has 5 N–H and O–H groups in total. The van der Waals surface area contributed by atoms with Crippen LogP contribution in [0.2, 0.25) is 0 Å². The van der Waals surface area contributed by atoms with Crippen molar-refractivity contribution in [1.29, 1.82) is 0 Å². The number of carbonyl (C=O) groups excluding carboxylic acids is 2. The van der Waals surface area contributed by atoms with Gasteiger partial charge in [-0.05, 0) is 37.6 Å². The van der Waals surface area contributed by atoms with Crippen LogP contribution in [0.5, 0.6) is 0 Å². The minimum atomic E-state index is -4.41. The monoisotopic (exact) mass is 477 g/mol. The quantitative estimate of drug-likeness (QED) is 0.312. The predicted molar refractivity (Wildman–Crippen MR) is 100 cm³/mol. The van der Waals surface area contributed by atoms with Crippen LogP contribution in [0.3, 0.4) is 0 Å². The van der Waals surface area contributed by atoms with E-state index in [1.165, 1.54) is 0 Å². The fourth-order valence-electron chi connectivity index (χ4n) is 4.18. The van der Waals surface area contributed by atoms with Crippen LogP contribution < -0.4 is 26.2 Å². The molecule has 3 fully saturated rings. The molecule has 0 aromatic rings. The molecule has 6 unspecified atom stereocenters. The summed E-state index contributed by atoms with van der Waals surface area (Å²) in [6, 6.07) is -1.61. The number of piperidine rings is 1. The van der Waals surface area contributed by atoms with Gasteiger partial charge in [-0.3, -0.25) is 9.59 Å². The van der Waals surface area contributed by atoms with E-state index in [1.807, 2.05) is 0 Å². The van der Waals surface area contributed by atoms with Gasteiger partial charge in [-0.1, -0.05) is 6.42 Å². The predicted octanol–water partition coefficient (Wildman–Crippen LogP) is 1.58. The van der Waals surface area contributed by atoms with Gasteiger partial charge < -0.3 is 16.0 Å². The topological polar surface area (TPSA) is 94.3 Å². The van der Waals surface area contributed by atoms with Crippen molar-refractivity contribution in [2.75, 3.05) is 13.1 Å². The van der Waals surface area contributed by atoms with E-state index in [-0.39, 0.29) is 32.4 Å². The first-order valence-corrected chi connectivity index (χ1v) is 10.9. The van der Waals surface area contributed by atoms with Crippen molar-refractivity contribution in [3.63, 3.8) is 0 Å². The third-order valence-corrected chi connectivity index (χ3v) is 6.82. The lowest BCUT2D eigenvalue weighted by Crippen LogP contribution is -2.56. The second-order valence-electron chi connectivity index (χ2n) is 8.21. The third kappa shape index (κ3) is 6.39. The van der Waals surface area contributed by atoms with E-state index in [0.29, 0.717) is 12.8 Å². The van der Waals surface area contributed by atoms with Crippen molar-refractivity contribution >= 4 is 23.8 Å². The van der Waals surface area contributed by atoms with E-state index in [2.05, 4.69) is 26.2 Å². The molecule has 0 aromatic carbocycles. The zero-order valence-corrected chi connectivity index (χ0v) is 17.2. The summed E-state index contributed by atoms with van der Waals surface area (Å²) < 4.78 is 77.8. The third-order valence-electron chi connectivity index (χ3n) is 5.94. The number of halogens is 6. The van der Waals surface area contributed by atoms with Crippen LogP contribution in [0.25, 0.3) is 0 Å². The Morgan fingerprint density at radius 3 is 2.26 bits per heavy atom. The van der Waals surface area contributed by atoms with Crippen LogP contribution in [-0.2, 0) is 9.59 Å². The zero-order chi connectivity index (χ0) is 22.8. The van der Waals surface area contributed by atoms with Crippen molar-refractivity contribution < 1.29 is 35.9 Å². The number of hydrogen-bond acceptors (Lipinski definition) is 6. The average Bonchev–Trinajstić information content (AvgIpc) is 3.15. The highest BCUT2D eigenvalue weighted by Gasteiger charge is 2.46. The number of carbonyl (C=O) groups is 2. The van der Waals surface area contributed by atoms with Gasteiger partial charge in [0.2, 0.25) is 11.8 Å². The zero-order valence-electron chi connectivity index (χ0n) is 16.4. The Morgan fingerprint density at radius 2 is 1.58 bits per heavy atom. The lowest BCUT2D eigenvalue weighted by atomic mass is 9.85. The van der Waals surface area contributed by atoms with Crippen LogP contribution in [0.15, 0.2) is 0 Å². The molecule has 178 valence electrons. The van der Waals surface area contributed by atoms with Gasteiger partial charge in [-0.25, -0.2) is 5.43 Å². The van der Waals surface area contributed by atoms with Gasteiger partial charge in [0.15, 0.2) is 0 Å². The highest BCUT2D eigenvalue weighted by molar-refractivity contribution is 7.98. The maximum absolute atomic E-state index is 13.0. The molecule has 2 saturated heterocycles. The Labute approximate surface area is 179 Å². The summed E-state index contributed by atoms with van der Waals surface area (Å²) >= 11 is 0.968. The number of alkyl halides is 6. The first-order valence-electron chi connectivity index (χ1n) is 10.1. The van der Waals surface area contributed by atoms with Crippen LogP contribution in [-0.4, -0.2) is 54.7 Å². The van der Waals surface area contributed by atoms with E-state index in [0.717, 1.165) is 11.9 Å². The molecule has 0 radical (unpaired) electrons. The molecule has 14 heteroatoms. The van der Waals surface area contributed by atoms with Crippen molar-refractivity contribution in [2.45, 2.75) is 61.9 Å². The Balaban J connectivity index is 1.53. The van der Waals surface area contributed by atoms with E-state index in [4.69, 9.17) is 0 Å². The molecule has 1 aliphatic carbocycles. The van der Waals surface area contributed by atoms with Crippen molar-refractivity contribution in [2.24, 2.45) is 17.8 Å². The second-order valence-corrected chi connectivity index (χ2v) is 9.16. The smallest absolute Gasteiger partial charge is 0.352 e. The first kappa shape index (κ1) is 24.4. The van der Waals surface area contributed by atoms with Crippen LogP contribution in [0.4, 0.5) is 26.3 Å². The van der Waals surface area contributed by atoms with Crippen LogP contribution >= 0.6 is 11.9 Å². The van der Waals surface area contributed by atoms with Gasteiger partial charge in [-0.2, -0.15) is 31.2 Å². The SMILES string of the molecule is O=C(NC1SNNC1C(=O)NC1CCCC(C(F)(F)F)C1)C1CNCC(C(F)(F)F)C1. The maximum atomic E-state index is 13.0. The van der Waals surface area contributed by atoms with Gasteiger partial charge in [0.25, 0.3) is 0 Å². The molecule has 0 bridgehead atoms. The molecule has 6 atom stereocenters. The van der Waals surface area contributed by atoms with Crippen LogP contribution in [0, 0.1) is 17.8 Å². The molecule has 3 aliphatic rings. The highest BCUT2D eigenvalue weighted by Crippen LogP contribution is 2.37. The molecule has 1 saturated carbocycles. The average molecular weight is 477 g/mol. The first-order chi connectivity index (χ1) is 14.4. The lowest BCUT2D eigenvalue weighted by Gasteiger charge is -2.32. The summed E-state index contributed by atoms with van der Waals surface area (Å²) in [4.78, 5) is 27.7. The highest BCUT2D eigenvalue weighted by atomic mass is 32.2. The number of nitrogens with one attached hydrogen (secondary N) is 5. The van der Waals surface area contributed by atoms with Gasteiger partial charge in [0.05, 0.1) is 17.8 Å². The fraction of sp³-hybridized carbons (Fsp3) is 0.882. The maximum Gasteiger partial charge on any atom is 0.393 e. The van der Waals surface area contributed by atoms with Gasteiger partial charge in [-0.15, -0.1) is 0 Å². The van der Waals surface area contributed by atoms with Crippen molar-refractivity contribution in [1.82, 2.24) is 26.2 Å². The summed E-state index contributed by atoms with van der Waals surface area (Å²) in [7, 11) is 0. The Kier molecular flexibility index (Phi) is 7.64. The molecule has 0 aromatic heterocycles. The summed E-state index contributed by atoms with van der Waals surface area (Å²) in [6.07, 6.45) is -8.48. The molecular formula is C17H25F6N5O2S. The van der Waals surface area contributed by atoms with E-state index in [1.54, 1.807) is 0 Å². The Morgan fingerprint density at radius 1 is 0.871 bits per heavy atom. The molecule has 7 nitrogen and oxygen atoms in total. The van der Waals surface area contributed by atoms with Gasteiger partial charge >= 0.3 is 12.4 Å². The number of hydrazine groups is 1. The molecule has 3 rings (SSSR count). The number of amides is 2. The molecule has 0 spiro atoms. The normalized spacial score (nSPS) is 34.9. The number of rotatable bonds is 4. The summed E-state index contributed by atoms with van der Waals surface area (Å²) in [5.41, 5.74) is 2.65. The molecular weight excluding hydrogens is 452 g/mol. The second kappa shape index (κ2) is 9.71. The number of hydrogen-bond donors (Lipinski definition) is 5. The molecule has 2 heterocycles. The Hall–Kier alpha value is -1.25. The van der Waals surface area contributed by atoms with Gasteiger partial charge in [0.1, 0.15) is 11.4 Å².